The van der Waals surface area contributed by atoms with E-state index in [1.54, 1.807) is 20.8 Å². The van der Waals surface area contributed by atoms with Crippen molar-refractivity contribution in [3.8, 4) is 0 Å². The van der Waals surface area contributed by atoms with Crippen molar-refractivity contribution in [2.75, 3.05) is 52.4 Å². The van der Waals surface area contributed by atoms with Gasteiger partial charge in [0, 0.05) is 50.1 Å². The van der Waals surface area contributed by atoms with E-state index in [1.807, 2.05) is 25.7 Å². The van der Waals surface area contributed by atoms with E-state index in [0.29, 0.717) is 31.3 Å². The van der Waals surface area contributed by atoms with Gasteiger partial charge in [0.1, 0.15) is 11.2 Å². The molecule has 4 rings (SSSR count). The molecule has 54 heavy (non-hydrogen) atoms. The van der Waals surface area contributed by atoms with Gasteiger partial charge in [-0.05, 0) is 80.3 Å². The van der Waals surface area contributed by atoms with Crippen LogP contribution in [0.25, 0.3) is 0 Å². The second-order valence-electron chi connectivity index (χ2n) is 15.7. The maximum atomic E-state index is 12.5. The molecule has 0 aromatic carbocycles. The lowest BCUT2D eigenvalue weighted by molar-refractivity contribution is -0.309. The number of alkyl halides is 12. The van der Waals surface area contributed by atoms with E-state index in [9.17, 15) is 67.1 Å². The predicted molar refractivity (Wildman–Crippen MR) is 164 cm³/mol. The van der Waals surface area contributed by atoms with E-state index >= 15 is 0 Å². The van der Waals surface area contributed by atoms with Crippen molar-refractivity contribution < 1.29 is 86.4 Å². The number of rotatable bonds is 1. The molecule has 0 bridgehead atoms. The maximum absolute atomic E-state index is 12.5. The molecule has 4 aliphatic rings. The molecular formula is C31H46F12N4O7. The summed E-state index contributed by atoms with van der Waals surface area (Å²) in [6, 6.07) is 0. The van der Waals surface area contributed by atoms with E-state index in [-0.39, 0.29) is 30.2 Å². The molecule has 3 amide bonds. The molecule has 0 aliphatic carbocycles. The van der Waals surface area contributed by atoms with Crippen LogP contribution >= 0.6 is 0 Å². The largest absolute Gasteiger partial charge is 0.444 e. The van der Waals surface area contributed by atoms with Gasteiger partial charge in [0.15, 0.2) is 0 Å². The minimum absolute atomic E-state index is 0.0522. The number of aliphatic hydroxyl groups is 1. The Morgan fingerprint density at radius 1 is 0.556 bits per heavy atom. The van der Waals surface area contributed by atoms with E-state index < -0.39 is 54.7 Å². The van der Waals surface area contributed by atoms with Crippen LogP contribution in [0.15, 0.2) is 0 Å². The van der Waals surface area contributed by atoms with Gasteiger partial charge in [-0.2, -0.15) is 52.7 Å². The fourth-order valence-electron chi connectivity index (χ4n) is 5.87. The average Bonchev–Trinajstić information content (AvgIpc) is 2.94. The minimum atomic E-state index is -5.74. The summed E-state index contributed by atoms with van der Waals surface area (Å²) in [5.74, 6) is 0. The molecule has 23 heteroatoms. The van der Waals surface area contributed by atoms with Gasteiger partial charge in [-0.15, -0.1) is 0 Å². The number of carbonyl (C=O) groups excluding carboxylic acids is 3. The predicted octanol–water partition coefficient (Wildman–Crippen LogP) is 7.03. The number of nitrogens with one attached hydrogen (secondary N) is 1. The van der Waals surface area contributed by atoms with Crippen molar-refractivity contribution in [3.63, 3.8) is 0 Å². The number of aliphatic hydroxyl groups excluding tert-OH is 1. The molecule has 0 aromatic rings. The van der Waals surface area contributed by atoms with E-state index in [1.165, 1.54) is 17.7 Å². The highest BCUT2D eigenvalue weighted by atomic mass is 19.4. The smallest absolute Gasteiger partial charge is 0.434 e. The molecule has 4 heterocycles. The maximum Gasteiger partial charge on any atom is 0.434 e. The first kappa shape index (κ1) is 47.0. The van der Waals surface area contributed by atoms with Crippen LogP contribution in [0.1, 0.15) is 67.2 Å². The van der Waals surface area contributed by atoms with Crippen molar-refractivity contribution in [1.29, 1.82) is 0 Å². The fraction of sp³-hybridized carbons (Fsp3) is 0.903. The van der Waals surface area contributed by atoms with Gasteiger partial charge in [-0.25, -0.2) is 14.4 Å². The first-order valence-electron chi connectivity index (χ1n) is 16.7. The van der Waals surface area contributed by atoms with E-state index in [4.69, 9.17) is 14.6 Å². The minimum Gasteiger partial charge on any atom is -0.444 e. The molecule has 316 valence electrons. The molecule has 2 spiro atoms. The standard InChI is InChI=1S/C16H22F6N2O4.C12H22N2O2.C3H2F6O/c1-13(2,3)28-12(26)24-8-14(9-24)4-6-23(7-5-14)11(25)27-10(15(17,18)19)16(20,21)22;1-11(2,3)16-10(15)14-8-12(9-14)4-6-13-7-5-12;4-2(5,6)1(10)3(7,8)9/h10H,4-9H2,1-3H3;13H,4-9H2,1-3H3;1,10H. The van der Waals surface area contributed by atoms with Gasteiger partial charge in [0.2, 0.25) is 6.10 Å². The van der Waals surface area contributed by atoms with Crippen molar-refractivity contribution in [2.24, 2.45) is 10.8 Å². The first-order chi connectivity index (χ1) is 24.1. The van der Waals surface area contributed by atoms with Crippen LogP contribution in [0, 0.1) is 10.8 Å². The molecule has 4 fully saturated rings. The number of nitrogens with zero attached hydrogens (tertiary/aromatic N) is 3. The van der Waals surface area contributed by atoms with E-state index in [2.05, 4.69) is 10.1 Å². The zero-order valence-corrected chi connectivity index (χ0v) is 30.4. The number of hydrogen-bond acceptors (Lipinski definition) is 8. The van der Waals surface area contributed by atoms with Crippen molar-refractivity contribution in [2.45, 2.75) is 115 Å². The van der Waals surface area contributed by atoms with Gasteiger partial charge >= 0.3 is 43.0 Å². The lowest BCUT2D eigenvalue weighted by Gasteiger charge is -2.53. The number of hydrogen-bond donors (Lipinski definition) is 2. The summed E-state index contributed by atoms with van der Waals surface area (Å²) in [6.07, 6.45) is -30.4. The third-order valence-corrected chi connectivity index (χ3v) is 8.59. The van der Waals surface area contributed by atoms with Crippen LogP contribution in [0.3, 0.4) is 0 Å². The molecule has 0 saturated carbocycles. The molecule has 4 saturated heterocycles. The highest BCUT2D eigenvalue weighted by molar-refractivity contribution is 5.70. The van der Waals surface area contributed by atoms with Gasteiger partial charge < -0.3 is 39.3 Å². The van der Waals surface area contributed by atoms with Gasteiger partial charge in [0.25, 0.3) is 6.10 Å². The van der Waals surface area contributed by atoms with E-state index in [0.717, 1.165) is 31.1 Å². The molecule has 11 nitrogen and oxygen atoms in total. The van der Waals surface area contributed by atoms with Crippen LogP contribution in [0.5, 0.6) is 0 Å². The highest BCUT2D eigenvalue weighted by Gasteiger charge is 2.61. The summed E-state index contributed by atoms with van der Waals surface area (Å²) in [4.78, 5) is 39.6. The summed E-state index contributed by atoms with van der Waals surface area (Å²) in [6.45, 7) is 15.4. The van der Waals surface area contributed by atoms with Crippen molar-refractivity contribution >= 4 is 18.3 Å². The Hall–Kier alpha value is -3.11. The van der Waals surface area contributed by atoms with Crippen LogP contribution < -0.4 is 5.32 Å². The Kier molecular flexibility index (Phi) is 14.4. The summed E-state index contributed by atoms with van der Waals surface area (Å²) in [5.41, 5.74) is -0.961. The Morgan fingerprint density at radius 2 is 0.889 bits per heavy atom. The molecule has 0 unspecified atom stereocenters. The van der Waals surface area contributed by atoms with Crippen LogP contribution in [-0.2, 0) is 14.2 Å². The number of carbonyl (C=O) groups is 3. The van der Waals surface area contributed by atoms with Gasteiger partial charge in [0.05, 0.1) is 0 Å². The molecule has 0 atom stereocenters. The Labute approximate surface area is 303 Å². The molecule has 0 radical (unpaired) electrons. The average molecular weight is 815 g/mol. The summed E-state index contributed by atoms with van der Waals surface area (Å²) < 4.78 is 155. The lowest BCUT2D eigenvalue weighted by Crippen LogP contribution is -2.63. The SMILES string of the molecule is CC(C)(C)OC(=O)N1CC2(CCN(C(=O)OC(C(F)(F)F)C(F)(F)F)CC2)C1.CC(C)(C)OC(=O)N1CC2(CCNCC2)C1.OC(C(F)(F)F)C(F)(F)F. The first-order valence-corrected chi connectivity index (χ1v) is 16.7. The second-order valence-corrected chi connectivity index (χ2v) is 15.7. The van der Waals surface area contributed by atoms with Crippen LogP contribution in [0.4, 0.5) is 67.1 Å². The zero-order valence-electron chi connectivity index (χ0n) is 30.4. The number of ether oxygens (including phenoxy) is 3. The molecular weight excluding hydrogens is 768 g/mol. The number of amides is 3. The van der Waals surface area contributed by atoms with Crippen molar-refractivity contribution in [1.82, 2.24) is 20.0 Å². The summed E-state index contributed by atoms with van der Waals surface area (Å²) >= 11 is 0. The van der Waals surface area contributed by atoms with Gasteiger partial charge in [-0.1, -0.05) is 0 Å². The molecule has 0 aromatic heterocycles. The highest BCUT2D eigenvalue weighted by Crippen LogP contribution is 2.42. The zero-order chi connectivity index (χ0) is 41.9. The van der Waals surface area contributed by atoms with Crippen molar-refractivity contribution in [3.05, 3.63) is 0 Å². The third kappa shape index (κ3) is 14.2. The lowest BCUT2D eigenvalue weighted by atomic mass is 9.72. The second kappa shape index (κ2) is 16.5. The number of likely N-dealkylation sites (tertiary alicyclic amines) is 3. The summed E-state index contributed by atoms with van der Waals surface area (Å²) in [7, 11) is 0. The van der Waals surface area contributed by atoms with Crippen LogP contribution in [0.2, 0.25) is 0 Å². The number of piperidine rings is 2. The van der Waals surface area contributed by atoms with Gasteiger partial charge in [-0.3, -0.25) is 0 Å². The Bertz CT molecular complexity index is 1240. The quantitative estimate of drug-likeness (QED) is 0.214. The van der Waals surface area contributed by atoms with Crippen LogP contribution in [-0.4, -0.2) is 139 Å². The Balaban J connectivity index is 0.000000324. The molecule has 4 aliphatic heterocycles. The monoisotopic (exact) mass is 814 g/mol. The third-order valence-electron chi connectivity index (χ3n) is 8.59. The normalized spacial score (nSPS) is 20.3. The fourth-order valence-corrected chi connectivity index (χ4v) is 5.87. The summed E-state index contributed by atoms with van der Waals surface area (Å²) in [5, 5.41) is 10.8. The topological polar surface area (TPSA) is 121 Å². The molecule has 2 N–H and O–H groups in total. The number of halogens is 12. The Morgan fingerprint density at radius 3 is 1.17 bits per heavy atom.